The van der Waals surface area contributed by atoms with Crippen LogP contribution in [0.4, 0.5) is 8.78 Å². The fourth-order valence-electron chi connectivity index (χ4n) is 7.65. The topological polar surface area (TPSA) is 237 Å². The van der Waals surface area contributed by atoms with Gasteiger partial charge < -0.3 is 39.0 Å². The van der Waals surface area contributed by atoms with Crippen molar-refractivity contribution in [3.8, 4) is 0 Å². The van der Waals surface area contributed by atoms with Gasteiger partial charge >= 0.3 is 11.4 Å². The summed E-state index contributed by atoms with van der Waals surface area (Å²) in [6.45, 7) is 39.4. The van der Waals surface area contributed by atoms with E-state index < -0.39 is 87.8 Å². The maximum absolute atomic E-state index is 15.7. The number of aliphatic hydroxyl groups excluding tert-OH is 4. The minimum Gasteiger partial charge on any atom is -0.400 e. The quantitative estimate of drug-likeness (QED) is 0.0308. The van der Waals surface area contributed by atoms with E-state index in [4.69, 9.17) is 40.5 Å². The Kier molecular flexibility index (Phi) is 43.7. The third-order valence-corrected chi connectivity index (χ3v) is 23.5. The predicted molar refractivity (Wildman–Crippen MR) is 346 cm³/mol. The molecule has 2 aromatic heterocycles. The van der Waals surface area contributed by atoms with Crippen LogP contribution in [0.2, 0.25) is 0 Å². The van der Waals surface area contributed by atoms with Crippen LogP contribution in [-0.2, 0) is 18.5 Å². The molecule has 0 aromatic carbocycles. The van der Waals surface area contributed by atoms with Crippen molar-refractivity contribution < 1.29 is 81.6 Å². The normalized spacial score (nSPS) is 21.7. The standard InChI is InChI=1S/C23H41FN3O5PS2.C12H28ClN2P.C9H11FN2O4.C8H18OS2.2CH4O.U/c1-15(2)27(16(3)4)33(30-13-9-10-14-34-35-23(6,7)8)32-20-17(5)31-21(19(20)24)26-12-11-18(28)25-22(26)29;1-9(2)14(10(3)4)16(13)15(11(5)6)12(7)8;1-4-7(14)6(10)8(16-4)12-3-2-5(13)11-9(12)15;1-8(2,3)11-10-7-5-4-6-9;2*1-2;/h11-12,15-17,19-21H,9-10,13-14H2,1-8H3,(H,25,28,29);9-12H,1-8H3;2-4,6-8,14H,1H3,(H,11,13,15);9H,4-7H2,1-3H3;2*2H,1H3;/i5D;;1D;;2*2T;. The molecule has 4 rings (SSSR count). The summed E-state index contributed by atoms with van der Waals surface area (Å²) < 4.78 is 88.3. The van der Waals surface area contributed by atoms with Gasteiger partial charge in [0.15, 0.2) is 24.8 Å². The van der Waals surface area contributed by atoms with Gasteiger partial charge in [-0.05, 0) is 123 Å². The Morgan fingerprint density at radius 2 is 1.07 bits per heavy atom. The van der Waals surface area contributed by atoms with Crippen molar-refractivity contribution in [2.45, 2.75) is 259 Å². The first-order chi connectivity index (χ1) is 40.0. The zero-order valence-corrected chi connectivity index (χ0v) is 62.8. The molecule has 9 atom stereocenters. The number of rotatable bonds is 25. The van der Waals surface area contributed by atoms with Crippen molar-refractivity contribution in [3.05, 3.63) is 66.2 Å². The summed E-state index contributed by atoms with van der Waals surface area (Å²) in [6, 6.07) is 4.32. The summed E-state index contributed by atoms with van der Waals surface area (Å²) in [5, 5.41) is 24.9. The molecule has 0 spiro atoms. The molecule has 6 N–H and O–H groups in total. The van der Waals surface area contributed by atoms with Crippen LogP contribution in [0.5, 0.6) is 0 Å². The first-order valence-corrected chi connectivity index (χ1v) is 35.5. The van der Waals surface area contributed by atoms with Crippen molar-refractivity contribution >= 4 is 70.5 Å². The minimum absolute atomic E-state index is 0. The van der Waals surface area contributed by atoms with E-state index in [9.17, 15) is 28.7 Å². The number of nitrogens with zero attached hydrogens (tertiary/aromatic N) is 5. The third kappa shape index (κ3) is 33.9. The van der Waals surface area contributed by atoms with Gasteiger partial charge in [0.1, 0.15) is 19.8 Å². The predicted octanol–water partition coefficient (Wildman–Crippen LogP) is 11.5. The number of H-pyrrole nitrogens is 2. The molecule has 83 heavy (non-hydrogen) atoms. The molecule has 0 amide bonds. The molecule has 0 bridgehead atoms. The summed E-state index contributed by atoms with van der Waals surface area (Å²) in [5.41, 5.74) is -2.77. The molecule has 2 aromatic rings. The van der Waals surface area contributed by atoms with E-state index in [0.29, 0.717) is 42.1 Å². The van der Waals surface area contributed by atoms with E-state index in [2.05, 4.69) is 126 Å². The molecular weight excluding hydrogens is 1440 g/mol. The maximum atomic E-state index is 15.7. The Labute approximate surface area is 548 Å². The van der Waals surface area contributed by atoms with Crippen molar-refractivity contribution in [2.24, 2.45) is 0 Å². The molecule has 4 heterocycles. The maximum Gasteiger partial charge on any atom is 0.330 e. The summed E-state index contributed by atoms with van der Waals surface area (Å²) in [7, 11) is 7.76. The van der Waals surface area contributed by atoms with Crippen molar-refractivity contribution in [3.63, 3.8) is 0 Å². The van der Waals surface area contributed by atoms with Gasteiger partial charge in [0.05, 0.1) is 18.8 Å². The first kappa shape index (κ1) is 79.5. The van der Waals surface area contributed by atoms with E-state index in [0.717, 1.165) is 64.7 Å². The second-order valence-electron chi connectivity index (χ2n) is 22.3. The fourth-order valence-corrected chi connectivity index (χ4v) is 18.2. The van der Waals surface area contributed by atoms with Crippen molar-refractivity contribution in [1.29, 1.82) is 2.86 Å². The van der Waals surface area contributed by atoms with Crippen LogP contribution in [0.1, 0.15) is 179 Å². The summed E-state index contributed by atoms with van der Waals surface area (Å²) >= 11 is 6.71. The molecule has 2 fully saturated rings. The van der Waals surface area contributed by atoms with Gasteiger partial charge in [-0.2, -0.15) is 0 Å². The van der Waals surface area contributed by atoms with Gasteiger partial charge in [0, 0.05) is 136 Å². The Bertz CT molecular complexity index is 2270. The van der Waals surface area contributed by atoms with E-state index in [1.807, 2.05) is 75.9 Å². The molecule has 0 aliphatic carbocycles. The van der Waals surface area contributed by atoms with E-state index in [1.54, 1.807) is 0 Å². The van der Waals surface area contributed by atoms with Crippen LogP contribution in [0, 0.1) is 31.1 Å². The van der Waals surface area contributed by atoms with E-state index in [1.165, 1.54) is 20.4 Å². The fraction of sp³-hybridized carbons (Fsp3) is 0.852. The van der Waals surface area contributed by atoms with Crippen molar-refractivity contribution in [2.75, 3.05) is 38.9 Å². The zero-order valence-electron chi connectivity index (χ0n) is 56.8. The molecule has 488 valence electrons. The number of aromatic amines is 2. The molecule has 2 saturated heterocycles. The third-order valence-electron chi connectivity index (χ3n) is 10.8. The second-order valence-corrected chi connectivity index (χ2v) is 32.5. The number of alkyl halides is 2. The molecule has 2 aliphatic heterocycles. The van der Waals surface area contributed by atoms with Crippen LogP contribution in [0.15, 0.2) is 43.7 Å². The smallest absolute Gasteiger partial charge is 0.330 e. The van der Waals surface area contributed by atoms with Crippen molar-refractivity contribution in [1.82, 2.24) is 33.1 Å². The zero-order chi connectivity index (χ0) is 66.8. The van der Waals surface area contributed by atoms with Gasteiger partial charge in [-0.25, -0.2) is 23.0 Å². The molecule has 9 unspecified atom stereocenters. The van der Waals surface area contributed by atoms with Gasteiger partial charge in [-0.15, -0.1) is 0 Å². The Morgan fingerprint density at radius 1 is 0.699 bits per heavy atom. The average Bonchev–Trinajstić information content (AvgIpc) is 2.29. The SMILES string of the molecule is CC(C)(C)SSCCCCO.CC(C)N(C(C)C)P(Cl)N(C(C)C)C(C)C.[2H]CC1OC(n2ccc(=O)[nH]c2=O)C(F)C1O.[2H]CC1OC(n2ccc(=O)[nH]c2=O)C(F)C1OP(OCCCCSSC(C)(C)C)N(C(C)C)C(C)C.[3H]OC.[3H]OC.[U]. The van der Waals surface area contributed by atoms with Crippen LogP contribution < -0.4 is 22.5 Å². The van der Waals surface area contributed by atoms with Crippen LogP contribution >= 0.6 is 70.5 Å². The number of ether oxygens (including phenoxy) is 2. The van der Waals surface area contributed by atoms with E-state index >= 15 is 4.39 Å². The van der Waals surface area contributed by atoms with Crippen LogP contribution in [0.25, 0.3) is 0 Å². The van der Waals surface area contributed by atoms with E-state index in [-0.39, 0.29) is 61.7 Å². The minimum atomic E-state index is -1.81. The summed E-state index contributed by atoms with van der Waals surface area (Å²) in [5.74, 6) is 2.17. The van der Waals surface area contributed by atoms with Gasteiger partial charge in [0.25, 0.3) is 19.6 Å². The molecule has 0 radical (unpaired) electrons. The van der Waals surface area contributed by atoms with Gasteiger partial charge in [0.2, 0.25) is 2.86 Å². The van der Waals surface area contributed by atoms with Crippen LogP contribution in [-0.4, -0.2) is 178 Å². The van der Waals surface area contributed by atoms with Gasteiger partial charge in [-0.3, -0.25) is 38.0 Å². The number of unbranched alkanes of at least 4 members (excludes halogenated alkanes) is 2. The number of hydrogen-bond acceptors (Lipinski definition) is 19. The largest absolute Gasteiger partial charge is 0.400 e. The monoisotopic (exact) mass is 1550 g/mol. The second kappa shape index (κ2) is 45.6. The summed E-state index contributed by atoms with van der Waals surface area (Å²) in [4.78, 5) is 50.0. The number of hydrogen-bond donors (Lipinski definition) is 6. The molecular formula is C54H106ClF2N7O12P2S4U. The molecule has 29 heteroatoms. The number of halogens is 3. The van der Waals surface area contributed by atoms with Gasteiger partial charge in [-0.1, -0.05) is 96.0 Å². The Hall–Kier alpha value is 0.382. The number of aliphatic hydroxyl groups is 4. The average molecular weight is 1550 g/mol. The molecule has 2 aliphatic rings. The molecule has 0 saturated carbocycles. The molecule has 19 nitrogen and oxygen atoms in total. The van der Waals surface area contributed by atoms with Crippen LogP contribution in [0.3, 0.4) is 0 Å². The first-order valence-electron chi connectivity index (χ1n) is 29.8. The summed E-state index contributed by atoms with van der Waals surface area (Å²) in [6.07, 6.45) is -4.33. The Morgan fingerprint density at radius 3 is 1.41 bits per heavy atom. The Balaban J connectivity index is -0.00000115. The number of aromatic nitrogens is 4. The number of nitrogens with one attached hydrogen (secondary N) is 2.